The number of nitrogens with zero attached hydrogens (tertiary/aromatic N) is 3. The van der Waals surface area contributed by atoms with Crippen LogP contribution in [0.3, 0.4) is 0 Å². The van der Waals surface area contributed by atoms with Crippen molar-refractivity contribution in [3.63, 3.8) is 0 Å². The molecule has 1 heterocycles. The number of carbonyl (C=O) groups excluding carboxylic acids is 3. The lowest BCUT2D eigenvalue weighted by atomic mass is 10.1. The van der Waals surface area contributed by atoms with Gasteiger partial charge in [0.15, 0.2) is 0 Å². The molecule has 0 aliphatic carbocycles. The Kier molecular flexibility index (Phi) is 9.44. The fraction of sp³-hybridized carbons (Fsp3) is 0.229. The highest BCUT2D eigenvalue weighted by Gasteiger charge is 2.26. The molecule has 5 rings (SSSR count). The maximum absolute atomic E-state index is 13.9. The molecule has 4 aromatic rings. The van der Waals surface area contributed by atoms with E-state index in [0.29, 0.717) is 55.3 Å². The van der Waals surface area contributed by atoms with Gasteiger partial charge in [-0.2, -0.15) is 0 Å². The molecule has 2 N–H and O–H groups in total. The molecular weight excluding hydrogens is 554 g/mol. The van der Waals surface area contributed by atoms with Crippen LogP contribution in [0.25, 0.3) is 0 Å². The fourth-order valence-corrected chi connectivity index (χ4v) is 5.13. The van der Waals surface area contributed by atoms with Crippen LogP contribution in [0.5, 0.6) is 5.75 Å². The zero-order chi connectivity index (χ0) is 31.1. The standard InChI is InChI=1S/C35H37N5O4/c1-25-9-13-28(14-10-25)37-35(43)40-21-19-39(20-22-40)32-18-15-29(36-33(41)27-11-16-30(44-3)17-12-27)23-31(32)34(42)38(2)24-26-7-5-4-6-8-26/h4-18,23H,19-22,24H2,1-3H3,(H,36,41)(H,37,43). The summed E-state index contributed by atoms with van der Waals surface area (Å²) < 4.78 is 5.19. The molecule has 1 saturated heterocycles. The van der Waals surface area contributed by atoms with Gasteiger partial charge in [0.2, 0.25) is 0 Å². The number of benzene rings is 4. The highest BCUT2D eigenvalue weighted by Crippen LogP contribution is 2.28. The second kappa shape index (κ2) is 13.8. The molecule has 44 heavy (non-hydrogen) atoms. The Morgan fingerprint density at radius 2 is 1.45 bits per heavy atom. The van der Waals surface area contributed by atoms with Crippen LogP contribution in [0.2, 0.25) is 0 Å². The maximum atomic E-state index is 13.9. The summed E-state index contributed by atoms with van der Waals surface area (Å²) in [5, 5.41) is 5.90. The first-order valence-electron chi connectivity index (χ1n) is 14.6. The van der Waals surface area contributed by atoms with Gasteiger partial charge in [0, 0.05) is 62.4 Å². The average molecular weight is 592 g/mol. The van der Waals surface area contributed by atoms with Crippen LogP contribution in [-0.4, -0.2) is 68.0 Å². The molecule has 9 heteroatoms. The quantitative estimate of drug-likeness (QED) is 0.267. The van der Waals surface area contributed by atoms with Crippen molar-refractivity contribution >= 4 is 34.9 Å². The van der Waals surface area contributed by atoms with Crippen LogP contribution >= 0.6 is 0 Å². The lowest BCUT2D eigenvalue weighted by Gasteiger charge is -2.37. The van der Waals surface area contributed by atoms with E-state index in [-0.39, 0.29) is 17.8 Å². The van der Waals surface area contributed by atoms with Gasteiger partial charge >= 0.3 is 6.03 Å². The van der Waals surface area contributed by atoms with Gasteiger partial charge in [0.1, 0.15) is 5.75 Å². The van der Waals surface area contributed by atoms with Crippen molar-refractivity contribution in [2.75, 3.05) is 55.9 Å². The molecule has 226 valence electrons. The summed E-state index contributed by atoms with van der Waals surface area (Å²) in [7, 11) is 3.35. The monoisotopic (exact) mass is 591 g/mol. The number of ether oxygens (including phenoxy) is 1. The van der Waals surface area contributed by atoms with E-state index in [4.69, 9.17) is 4.74 Å². The highest BCUT2D eigenvalue weighted by atomic mass is 16.5. The minimum absolute atomic E-state index is 0.149. The number of anilines is 3. The molecule has 9 nitrogen and oxygen atoms in total. The number of carbonyl (C=O) groups is 3. The van der Waals surface area contributed by atoms with E-state index in [1.165, 1.54) is 0 Å². The predicted octanol–water partition coefficient (Wildman–Crippen LogP) is 5.88. The molecule has 1 fully saturated rings. The fourth-order valence-electron chi connectivity index (χ4n) is 5.13. The van der Waals surface area contributed by atoms with Crippen molar-refractivity contribution in [1.82, 2.24) is 9.80 Å². The SMILES string of the molecule is COc1ccc(C(=O)Nc2ccc(N3CCN(C(=O)Nc4ccc(C)cc4)CC3)c(C(=O)N(C)Cc3ccccc3)c2)cc1. The Balaban J connectivity index is 1.33. The van der Waals surface area contributed by atoms with Crippen LogP contribution in [-0.2, 0) is 6.54 Å². The largest absolute Gasteiger partial charge is 0.497 e. The number of aryl methyl sites for hydroxylation is 1. The number of nitrogens with one attached hydrogen (secondary N) is 2. The van der Waals surface area contributed by atoms with Crippen molar-refractivity contribution in [3.8, 4) is 5.75 Å². The van der Waals surface area contributed by atoms with E-state index in [9.17, 15) is 14.4 Å². The third kappa shape index (κ3) is 7.36. The van der Waals surface area contributed by atoms with Gasteiger partial charge in [-0.05, 0) is 67.1 Å². The van der Waals surface area contributed by atoms with Crippen LogP contribution in [0.15, 0.2) is 97.1 Å². The Labute approximate surface area is 258 Å². The van der Waals surface area contributed by atoms with Crippen molar-refractivity contribution in [2.24, 2.45) is 0 Å². The molecule has 0 bridgehead atoms. The average Bonchev–Trinajstić information content (AvgIpc) is 3.06. The zero-order valence-corrected chi connectivity index (χ0v) is 25.2. The topological polar surface area (TPSA) is 94.2 Å². The van der Waals surface area contributed by atoms with Crippen LogP contribution in [0.1, 0.15) is 31.8 Å². The normalized spacial score (nSPS) is 12.8. The summed E-state index contributed by atoms with van der Waals surface area (Å²) in [6.45, 7) is 4.56. The Hall–Kier alpha value is -5.31. The van der Waals surface area contributed by atoms with E-state index in [2.05, 4.69) is 15.5 Å². The van der Waals surface area contributed by atoms with E-state index in [0.717, 1.165) is 22.5 Å². The minimum Gasteiger partial charge on any atom is -0.497 e. The first kappa shape index (κ1) is 30.2. The van der Waals surface area contributed by atoms with Gasteiger partial charge < -0.3 is 30.1 Å². The molecule has 4 amide bonds. The van der Waals surface area contributed by atoms with Gasteiger partial charge in [-0.25, -0.2) is 4.79 Å². The lowest BCUT2D eigenvalue weighted by molar-refractivity contribution is 0.0785. The van der Waals surface area contributed by atoms with Gasteiger partial charge in [0.05, 0.1) is 12.7 Å². The number of hydrogen-bond acceptors (Lipinski definition) is 5. The summed E-state index contributed by atoms with van der Waals surface area (Å²) in [5.74, 6) is 0.210. The van der Waals surface area contributed by atoms with Crippen LogP contribution in [0, 0.1) is 6.92 Å². The third-order valence-electron chi connectivity index (χ3n) is 7.66. The van der Waals surface area contributed by atoms with Crippen LogP contribution in [0.4, 0.5) is 21.9 Å². The summed E-state index contributed by atoms with van der Waals surface area (Å²) in [4.78, 5) is 45.4. The predicted molar refractivity (Wildman–Crippen MR) is 174 cm³/mol. The molecule has 0 spiro atoms. The number of amides is 4. The molecule has 4 aromatic carbocycles. The highest BCUT2D eigenvalue weighted by molar-refractivity contribution is 6.06. The molecule has 1 aliphatic rings. The number of piperazine rings is 1. The molecular formula is C35H37N5O4. The van der Waals surface area contributed by atoms with Crippen molar-refractivity contribution in [3.05, 3.63) is 119 Å². The first-order valence-corrected chi connectivity index (χ1v) is 14.6. The summed E-state index contributed by atoms with van der Waals surface area (Å²) in [5.41, 5.74) is 5.13. The second-order valence-electron chi connectivity index (χ2n) is 10.8. The Morgan fingerprint density at radius 1 is 0.795 bits per heavy atom. The second-order valence-corrected chi connectivity index (χ2v) is 10.8. The Bertz CT molecular complexity index is 1600. The molecule has 0 saturated carbocycles. The van der Waals surface area contributed by atoms with E-state index < -0.39 is 0 Å². The molecule has 1 aliphatic heterocycles. The number of hydrogen-bond donors (Lipinski definition) is 2. The van der Waals surface area contributed by atoms with E-state index in [1.54, 1.807) is 60.4 Å². The number of methoxy groups -OCH3 is 1. The number of urea groups is 1. The molecule has 0 aromatic heterocycles. The minimum atomic E-state index is -0.287. The van der Waals surface area contributed by atoms with Crippen molar-refractivity contribution < 1.29 is 19.1 Å². The van der Waals surface area contributed by atoms with Crippen molar-refractivity contribution in [2.45, 2.75) is 13.5 Å². The van der Waals surface area contributed by atoms with E-state index in [1.807, 2.05) is 67.6 Å². The smallest absolute Gasteiger partial charge is 0.321 e. The lowest BCUT2D eigenvalue weighted by Crippen LogP contribution is -2.50. The molecule has 0 unspecified atom stereocenters. The van der Waals surface area contributed by atoms with Gasteiger partial charge in [-0.1, -0.05) is 48.0 Å². The van der Waals surface area contributed by atoms with Crippen LogP contribution < -0.4 is 20.3 Å². The van der Waals surface area contributed by atoms with E-state index >= 15 is 0 Å². The Morgan fingerprint density at radius 3 is 2.11 bits per heavy atom. The first-order chi connectivity index (χ1) is 21.3. The van der Waals surface area contributed by atoms with Gasteiger partial charge in [-0.15, -0.1) is 0 Å². The maximum Gasteiger partial charge on any atom is 0.321 e. The van der Waals surface area contributed by atoms with Gasteiger partial charge in [0.25, 0.3) is 11.8 Å². The molecule has 0 atom stereocenters. The summed E-state index contributed by atoms with van der Waals surface area (Å²) >= 11 is 0. The molecule has 0 radical (unpaired) electrons. The van der Waals surface area contributed by atoms with Crippen molar-refractivity contribution in [1.29, 1.82) is 0 Å². The third-order valence-corrected chi connectivity index (χ3v) is 7.66. The number of rotatable bonds is 8. The van der Waals surface area contributed by atoms with Gasteiger partial charge in [-0.3, -0.25) is 9.59 Å². The summed E-state index contributed by atoms with van der Waals surface area (Å²) in [6.07, 6.45) is 0. The zero-order valence-electron chi connectivity index (χ0n) is 25.2. The summed E-state index contributed by atoms with van der Waals surface area (Å²) in [6, 6.07) is 29.6.